The van der Waals surface area contributed by atoms with E-state index in [-0.39, 0.29) is 10.0 Å². The Bertz CT molecular complexity index is 465. The van der Waals surface area contributed by atoms with E-state index in [1.165, 1.54) is 12.3 Å². The maximum Gasteiger partial charge on any atom is 0.243 e. The van der Waals surface area contributed by atoms with Crippen LogP contribution >= 0.6 is 27.5 Å². The lowest BCUT2D eigenvalue weighted by molar-refractivity contribution is 0.578. The summed E-state index contributed by atoms with van der Waals surface area (Å²) >= 11 is 8.90. The fourth-order valence-electron chi connectivity index (χ4n) is 1.05. The molecule has 0 unspecified atom stereocenters. The quantitative estimate of drug-likeness (QED) is 0.668. The maximum absolute atomic E-state index is 11.8. The molecule has 0 radical (unpaired) electrons. The van der Waals surface area contributed by atoms with Gasteiger partial charge in [0.15, 0.2) is 0 Å². The van der Waals surface area contributed by atoms with Gasteiger partial charge in [0.05, 0.1) is 0 Å². The maximum atomic E-state index is 11.8. The van der Waals surface area contributed by atoms with Gasteiger partial charge < -0.3 is 0 Å². The van der Waals surface area contributed by atoms with E-state index in [1.807, 2.05) is 6.92 Å². The molecule has 0 amide bonds. The number of unbranched alkanes of at least 4 members (excludes halogenated alkanes) is 1. The highest BCUT2D eigenvalue weighted by atomic mass is 79.9. The number of nitrogens with zero attached hydrogens (tertiary/aromatic N) is 1. The van der Waals surface area contributed by atoms with E-state index >= 15 is 0 Å². The lowest BCUT2D eigenvalue weighted by atomic mass is 10.3. The summed E-state index contributed by atoms with van der Waals surface area (Å²) in [6.45, 7) is 2.39. The van der Waals surface area contributed by atoms with Crippen LogP contribution in [-0.2, 0) is 10.0 Å². The molecule has 0 saturated carbocycles. The van der Waals surface area contributed by atoms with Crippen molar-refractivity contribution in [2.75, 3.05) is 6.54 Å². The molecule has 0 atom stereocenters. The van der Waals surface area contributed by atoms with Gasteiger partial charge in [-0.25, -0.2) is 18.1 Å². The molecule has 1 rings (SSSR count). The molecule has 4 nitrogen and oxygen atoms in total. The molecule has 90 valence electrons. The first-order valence-corrected chi connectivity index (χ1v) is 7.43. The molecule has 1 heterocycles. The van der Waals surface area contributed by atoms with E-state index in [0.29, 0.717) is 11.0 Å². The molecule has 0 aromatic carbocycles. The molecule has 0 aliphatic rings. The molecule has 0 spiro atoms. The number of pyridine rings is 1. The minimum absolute atomic E-state index is 0.000329. The molecule has 1 N–H and O–H groups in total. The van der Waals surface area contributed by atoms with Crippen LogP contribution in [0.25, 0.3) is 0 Å². The van der Waals surface area contributed by atoms with E-state index in [1.54, 1.807) is 0 Å². The Morgan fingerprint density at radius 3 is 2.88 bits per heavy atom. The minimum atomic E-state index is -3.56. The lowest BCUT2D eigenvalue weighted by Gasteiger charge is -2.07. The van der Waals surface area contributed by atoms with Crippen molar-refractivity contribution in [2.24, 2.45) is 0 Å². The third-order valence-corrected chi connectivity index (χ3v) is 4.21. The molecular formula is C9H12BrClN2O2S. The van der Waals surface area contributed by atoms with Crippen LogP contribution in [0.4, 0.5) is 0 Å². The fraction of sp³-hybridized carbons (Fsp3) is 0.444. The van der Waals surface area contributed by atoms with Crippen molar-refractivity contribution in [1.82, 2.24) is 9.71 Å². The van der Waals surface area contributed by atoms with Gasteiger partial charge in [0.1, 0.15) is 10.0 Å². The van der Waals surface area contributed by atoms with Gasteiger partial charge in [-0.15, -0.1) is 0 Å². The average Bonchev–Trinajstić information content (AvgIpc) is 2.22. The van der Waals surface area contributed by atoms with Crippen LogP contribution in [0.15, 0.2) is 21.6 Å². The minimum Gasteiger partial charge on any atom is -0.242 e. The standard InChI is InChI=1S/C9H12BrClN2O2S/c1-2-3-4-13-16(14,15)8-5-7(10)6-12-9(8)11/h5-6,13H,2-4H2,1H3. The summed E-state index contributed by atoms with van der Waals surface area (Å²) in [6.07, 6.45) is 3.17. The number of sulfonamides is 1. The van der Waals surface area contributed by atoms with Crippen LogP contribution in [-0.4, -0.2) is 19.9 Å². The van der Waals surface area contributed by atoms with Crippen LogP contribution in [0.5, 0.6) is 0 Å². The topological polar surface area (TPSA) is 59.1 Å². The highest BCUT2D eigenvalue weighted by molar-refractivity contribution is 9.10. The van der Waals surface area contributed by atoms with Gasteiger partial charge in [-0.2, -0.15) is 0 Å². The van der Waals surface area contributed by atoms with Gasteiger partial charge in [-0.3, -0.25) is 0 Å². The van der Waals surface area contributed by atoms with Crippen LogP contribution in [0, 0.1) is 0 Å². The van der Waals surface area contributed by atoms with Gasteiger partial charge >= 0.3 is 0 Å². The van der Waals surface area contributed by atoms with Gasteiger partial charge in [0.2, 0.25) is 10.0 Å². The number of halogens is 2. The largest absolute Gasteiger partial charge is 0.243 e. The Morgan fingerprint density at radius 1 is 1.56 bits per heavy atom. The predicted octanol–water partition coefficient (Wildman–Crippen LogP) is 2.58. The fourth-order valence-corrected chi connectivity index (χ4v) is 3.07. The van der Waals surface area contributed by atoms with Crippen molar-refractivity contribution >= 4 is 37.6 Å². The number of hydrogen-bond acceptors (Lipinski definition) is 3. The molecule has 1 aromatic heterocycles. The Balaban J connectivity index is 2.93. The summed E-state index contributed by atoms with van der Waals surface area (Å²) in [5, 5.41) is -0.0211. The Hall–Kier alpha value is -0.170. The Labute approximate surface area is 109 Å². The Morgan fingerprint density at radius 2 is 2.25 bits per heavy atom. The molecule has 0 fully saturated rings. The third-order valence-electron chi connectivity index (χ3n) is 1.89. The van der Waals surface area contributed by atoms with Crippen LogP contribution in [0.2, 0.25) is 5.15 Å². The van der Waals surface area contributed by atoms with Crippen molar-refractivity contribution < 1.29 is 8.42 Å². The normalized spacial score (nSPS) is 11.7. The Kier molecular flexibility index (Phi) is 5.17. The average molecular weight is 328 g/mol. The monoisotopic (exact) mass is 326 g/mol. The number of aromatic nitrogens is 1. The molecule has 0 aliphatic heterocycles. The number of nitrogens with one attached hydrogen (secondary N) is 1. The smallest absolute Gasteiger partial charge is 0.242 e. The zero-order chi connectivity index (χ0) is 12.2. The van der Waals surface area contributed by atoms with Crippen molar-refractivity contribution in [3.63, 3.8) is 0 Å². The summed E-state index contributed by atoms with van der Waals surface area (Å²) in [6, 6.07) is 1.43. The van der Waals surface area contributed by atoms with E-state index in [0.717, 1.165) is 12.8 Å². The van der Waals surface area contributed by atoms with Crippen molar-refractivity contribution in [1.29, 1.82) is 0 Å². The van der Waals surface area contributed by atoms with E-state index in [9.17, 15) is 8.42 Å². The van der Waals surface area contributed by atoms with Gasteiger partial charge in [0, 0.05) is 17.2 Å². The molecular weight excluding hydrogens is 316 g/mol. The SMILES string of the molecule is CCCCNS(=O)(=O)c1cc(Br)cnc1Cl. The molecule has 7 heteroatoms. The zero-order valence-electron chi connectivity index (χ0n) is 8.70. The summed E-state index contributed by atoms with van der Waals surface area (Å²) in [5.74, 6) is 0. The molecule has 0 aliphatic carbocycles. The van der Waals surface area contributed by atoms with E-state index in [4.69, 9.17) is 11.6 Å². The molecule has 16 heavy (non-hydrogen) atoms. The highest BCUT2D eigenvalue weighted by Gasteiger charge is 2.18. The lowest BCUT2D eigenvalue weighted by Crippen LogP contribution is -2.25. The van der Waals surface area contributed by atoms with Crippen LogP contribution < -0.4 is 4.72 Å². The van der Waals surface area contributed by atoms with Crippen LogP contribution in [0.1, 0.15) is 19.8 Å². The van der Waals surface area contributed by atoms with Crippen molar-refractivity contribution in [3.05, 3.63) is 21.9 Å². The van der Waals surface area contributed by atoms with Gasteiger partial charge in [-0.05, 0) is 28.4 Å². The number of rotatable bonds is 5. The summed E-state index contributed by atoms with van der Waals surface area (Å²) in [5.41, 5.74) is 0. The molecule has 0 bridgehead atoms. The zero-order valence-corrected chi connectivity index (χ0v) is 11.9. The third kappa shape index (κ3) is 3.69. The second kappa shape index (κ2) is 5.95. The van der Waals surface area contributed by atoms with Crippen molar-refractivity contribution in [3.8, 4) is 0 Å². The predicted molar refractivity (Wildman–Crippen MR) is 67.0 cm³/mol. The second-order valence-corrected chi connectivity index (χ2v) is 6.20. The summed E-state index contributed by atoms with van der Waals surface area (Å²) < 4.78 is 26.7. The number of hydrogen-bond donors (Lipinski definition) is 1. The van der Waals surface area contributed by atoms with E-state index in [2.05, 4.69) is 25.6 Å². The highest BCUT2D eigenvalue weighted by Crippen LogP contribution is 2.22. The first-order chi connectivity index (χ1) is 7.47. The van der Waals surface area contributed by atoms with Gasteiger partial charge in [-0.1, -0.05) is 24.9 Å². The second-order valence-electron chi connectivity index (χ2n) is 3.19. The van der Waals surface area contributed by atoms with Crippen molar-refractivity contribution in [2.45, 2.75) is 24.7 Å². The van der Waals surface area contributed by atoms with E-state index < -0.39 is 10.0 Å². The summed E-state index contributed by atoms with van der Waals surface area (Å²) in [4.78, 5) is 3.77. The van der Waals surface area contributed by atoms with Gasteiger partial charge in [0.25, 0.3) is 0 Å². The molecule has 1 aromatic rings. The molecule has 0 saturated heterocycles. The first-order valence-electron chi connectivity index (χ1n) is 4.78. The summed E-state index contributed by atoms with van der Waals surface area (Å²) in [7, 11) is -3.56. The first kappa shape index (κ1) is 13.9. The van der Waals surface area contributed by atoms with Crippen LogP contribution in [0.3, 0.4) is 0 Å².